The highest BCUT2D eigenvalue weighted by Crippen LogP contribution is 2.36. The lowest BCUT2D eigenvalue weighted by Gasteiger charge is -2.04. The molecule has 1 aromatic carbocycles. The van der Waals surface area contributed by atoms with Gasteiger partial charge in [0.05, 0.1) is 4.92 Å². The molecule has 0 aliphatic carbocycles. The summed E-state index contributed by atoms with van der Waals surface area (Å²) in [5.74, 6) is 0. The Morgan fingerprint density at radius 1 is 1.33 bits per heavy atom. The normalized spacial score (nSPS) is 10.9. The third-order valence-electron chi connectivity index (χ3n) is 2.55. The third-order valence-corrected chi connectivity index (χ3v) is 2.90. The first-order chi connectivity index (χ1) is 8.52. The van der Waals surface area contributed by atoms with Gasteiger partial charge in [0.15, 0.2) is 5.69 Å². The van der Waals surface area contributed by atoms with E-state index in [1.807, 2.05) is 19.9 Å². The summed E-state index contributed by atoms with van der Waals surface area (Å²) in [5, 5.41) is 15.4. The molecule has 0 radical (unpaired) electrons. The SMILES string of the molecule is CC(C)n1nc(-c2ccccc2)c([N+](=O)[O-])c1Cl. The average Bonchev–Trinajstić information content (AvgIpc) is 2.68. The number of halogens is 1. The van der Waals surface area contributed by atoms with Crippen LogP contribution in [0.2, 0.25) is 5.15 Å². The molecule has 0 aliphatic rings. The zero-order chi connectivity index (χ0) is 13.3. The van der Waals surface area contributed by atoms with Gasteiger partial charge in [0.1, 0.15) is 0 Å². The zero-order valence-corrected chi connectivity index (χ0v) is 10.8. The van der Waals surface area contributed by atoms with E-state index in [9.17, 15) is 10.1 Å². The molecule has 0 aliphatic heterocycles. The van der Waals surface area contributed by atoms with Crippen molar-refractivity contribution < 1.29 is 4.92 Å². The van der Waals surface area contributed by atoms with Crippen molar-refractivity contribution in [3.8, 4) is 11.3 Å². The van der Waals surface area contributed by atoms with Gasteiger partial charge in [-0.1, -0.05) is 41.9 Å². The first-order valence-corrected chi connectivity index (χ1v) is 5.88. The van der Waals surface area contributed by atoms with Gasteiger partial charge in [-0.3, -0.25) is 10.1 Å². The molecule has 2 rings (SSSR count). The Morgan fingerprint density at radius 2 is 1.94 bits per heavy atom. The maximum atomic E-state index is 11.1. The van der Waals surface area contributed by atoms with Crippen LogP contribution in [-0.4, -0.2) is 14.7 Å². The standard InChI is InChI=1S/C12H12ClN3O2/c1-8(2)15-12(13)11(16(17)18)10(14-15)9-6-4-3-5-7-9/h3-8H,1-2H3. The van der Waals surface area contributed by atoms with Crippen LogP contribution in [0.4, 0.5) is 5.69 Å². The summed E-state index contributed by atoms with van der Waals surface area (Å²) in [7, 11) is 0. The highest BCUT2D eigenvalue weighted by Gasteiger charge is 2.28. The van der Waals surface area contributed by atoms with Crippen molar-refractivity contribution in [3.05, 3.63) is 45.6 Å². The molecule has 6 heteroatoms. The first-order valence-electron chi connectivity index (χ1n) is 5.50. The molecule has 94 valence electrons. The fraction of sp³-hybridized carbons (Fsp3) is 0.250. The molecule has 0 N–H and O–H groups in total. The van der Waals surface area contributed by atoms with Crippen LogP contribution in [-0.2, 0) is 0 Å². The van der Waals surface area contributed by atoms with Gasteiger partial charge >= 0.3 is 5.69 Å². The highest BCUT2D eigenvalue weighted by molar-refractivity contribution is 6.32. The molecule has 0 unspecified atom stereocenters. The monoisotopic (exact) mass is 265 g/mol. The summed E-state index contributed by atoms with van der Waals surface area (Å²) in [4.78, 5) is 10.6. The van der Waals surface area contributed by atoms with Gasteiger partial charge in [-0.15, -0.1) is 0 Å². The van der Waals surface area contributed by atoms with Crippen molar-refractivity contribution in [2.24, 2.45) is 0 Å². The predicted octanol–water partition coefficient (Wildman–Crippen LogP) is 3.69. The van der Waals surface area contributed by atoms with Crippen LogP contribution in [0.1, 0.15) is 19.9 Å². The number of aromatic nitrogens is 2. The molecular weight excluding hydrogens is 254 g/mol. The highest BCUT2D eigenvalue weighted by atomic mass is 35.5. The second kappa shape index (κ2) is 4.78. The predicted molar refractivity (Wildman–Crippen MR) is 69.7 cm³/mol. The number of rotatable bonds is 3. The summed E-state index contributed by atoms with van der Waals surface area (Å²) in [6, 6.07) is 8.97. The van der Waals surface area contributed by atoms with E-state index in [1.165, 1.54) is 4.68 Å². The lowest BCUT2D eigenvalue weighted by Crippen LogP contribution is -2.02. The van der Waals surface area contributed by atoms with Gasteiger partial charge < -0.3 is 0 Å². The Balaban J connectivity index is 2.67. The molecule has 0 fully saturated rings. The van der Waals surface area contributed by atoms with Crippen LogP contribution < -0.4 is 0 Å². The van der Waals surface area contributed by atoms with Gasteiger partial charge in [0, 0.05) is 11.6 Å². The zero-order valence-electron chi connectivity index (χ0n) is 10.0. The minimum atomic E-state index is -0.490. The van der Waals surface area contributed by atoms with Gasteiger partial charge in [-0.25, -0.2) is 4.68 Å². The van der Waals surface area contributed by atoms with Gasteiger partial charge in [-0.2, -0.15) is 5.10 Å². The minimum Gasteiger partial charge on any atom is -0.258 e. The van der Waals surface area contributed by atoms with Crippen LogP contribution in [0.15, 0.2) is 30.3 Å². The lowest BCUT2D eigenvalue weighted by molar-refractivity contribution is -0.384. The summed E-state index contributed by atoms with van der Waals surface area (Å²) in [6.45, 7) is 3.74. The molecule has 18 heavy (non-hydrogen) atoms. The van der Waals surface area contributed by atoms with E-state index < -0.39 is 4.92 Å². The van der Waals surface area contributed by atoms with Gasteiger partial charge in [0.25, 0.3) is 0 Å². The molecule has 0 bridgehead atoms. The Labute approximate surface area is 109 Å². The first kappa shape index (κ1) is 12.6. The van der Waals surface area contributed by atoms with E-state index in [0.29, 0.717) is 11.3 Å². The summed E-state index contributed by atoms with van der Waals surface area (Å²) in [5.41, 5.74) is 0.848. The summed E-state index contributed by atoms with van der Waals surface area (Å²) in [6.07, 6.45) is 0. The van der Waals surface area contributed by atoms with E-state index in [-0.39, 0.29) is 16.9 Å². The van der Waals surface area contributed by atoms with Gasteiger partial charge in [0.2, 0.25) is 5.15 Å². The number of hydrogen-bond acceptors (Lipinski definition) is 3. The van der Waals surface area contributed by atoms with Crippen LogP contribution in [0.3, 0.4) is 0 Å². The molecule has 0 saturated carbocycles. The Kier molecular flexibility index (Phi) is 3.34. The van der Waals surface area contributed by atoms with Crippen molar-refractivity contribution in [2.75, 3.05) is 0 Å². The van der Waals surface area contributed by atoms with Crippen LogP contribution in [0.5, 0.6) is 0 Å². The summed E-state index contributed by atoms with van der Waals surface area (Å²) < 4.78 is 1.46. The number of benzene rings is 1. The number of nitro groups is 1. The Morgan fingerprint density at radius 3 is 2.44 bits per heavy atom. The maximum absolute atomic E-state index is 11.1. The second-order valence-electron chi connectivity index (χ2n) is 4.15. The third kappa shape index (κ3) is 2.09. The smallest absolute Gasteiger partial charge is 0.258 e. The number of nitrogens with zero attached hydrogens (tertiary/aromatic N) is 3. The summed E-state index contributed by atoms with van der Waals surface area (Å²) >= 11 is 6.03. The molecule has 5 nitrogen and oxygen atoms in total. The van der Waals surface area contributed by atoms with E-state index in [4.69, 9.17) is 11.6 Å². The lowest BCUT2D eigenvalue weighted by atomic mass is 10.1. The van der Waals surface area contributed by atoms with Crippen molar-refractivity contribution >= 4 is 17.3 Å². The maximum Gasteiger partial charge on any atom is 0.333 e. The van der Waals surface area contributed by atoms with Gasteiger partial charge in [-0.05, 0) is 13.8 Å². The van der Waals surface area contributed by atoms with Crippen LogP contribution in [0.25, 0.3) is 11.3 Å². The fourth-order valence-corrected chi connectivity index (χ4v) is 2.09. The van der Waals surface area contributed by atoms with Crippen molar-refractivity contribution in [1.82, 2.24) is 9.78 Å². The van der Waals surface area contributed by atoms with Crippen molar-refractivity contribution in [1.29, 1.82) is 0 Å². The molecule has 0 atom stereocenters. The second-order valence-corrected chi connectivity index (χ2v) is 4.51. The van der Waals surface area contributed by atoms with Crippen LogP contribution >= 0.6 is 11.6 Å². The largest absolute Gasteiger partial charge is 0.333 e. The molecule has 0 amide bonds. The molecule has 1 heterocycles. The van der Waals surface area contributed by atoms with Crippen LogP contribution in [0, 0.1) is 10.1 Å². The number of hydrogen-bond donors (Lipinski definition) is 0. The molecule has 1 aromatic heterocycles. The van der Waals surface area contributed by atoms with E-state index >= 15 is 0 Å². The Bertz CT molecular complexity index is 579. The topological polar surface area (TPSA) is 61.0 Å². The van der Waals surface area contributed by atoms with E-state index in [1.54, 1.807) is 24.3 Å². The average molecular weight is 266 g/mol. The van der Waals surface area contributed by atoms with E-state index in [2.05, 4.69) is 5.10 Å². The Hall–Kier alpha value is -1.88. The molecule has 2 aromatic rings. The minimum absolute atomic E-state index is 0.0336. The van der Waals surface area contributed by atoms with Crippen molar-refractivity contribution in [3.63, 3.8) is 0 Å². The quantitative estimate of drug-likeness (QED) is 0.628. The molecule has 0 saturated heterocycles. The molecular formula is C12H12ClN3O2. The fourth-order valence-electron chi connectivity index (χ4n) is 1.70. The molecule has 0 spiro atoms. The van der Waals surface area contributed by atoms with E-state index in [0.717, 1.165) is 0 Å². The van der Waals surface area contributed by atoms with Crippen molar-refractivity contribution in [2.45, 2.75) is 19.9 Å².